The number of aromatic nitrogens is 1. The van der Waals surface area contributed by atoms with Crippen LogP contribution in [0.2, 0.25) is 0 Å². The summed E-state index contributed by atoms with van der Waals surface area (Å²) in [5, 5.41) is 3.79. The van der Waals surface area contributed by atoms with Crippen LogP contribution >= 0.6 is 0 Å². The molecule has 3 heterocycles. The normalized spacial score (nSPS) is 16.9. The average Bonchev–Trinajstić information content (AvgIpc) is 3.24. The largest absolute Gasteiger partial charge is 0.481 e. The number of ether oxygens (including phenoxy) is 1. The van der Waals surface area contributed by atoms with Gasteiger partial charge in [-0.15, -0.1) is 0 Å². The van der Waals surface area contributed by atoms with Crippen LogP contribution in [0.15, 0.2) is 53.1 Å². The van der Waals surface area contributed by atoms with E-state index in [9.17, 15) is 4.79 Å². The first-order chi connectivity index (χ1) is 13.7. The van der Waals surface area contributed by atoms with E-state index in [-0.39, 0.29) is 12.5 Å². The lowest BCUT2D eigenvalue weighted by molar-refractivity contribution is -0.123. The van der Waals surface area contributed by atoms with E-state index in [1.54, 1.807) is 12.3 Å². The number of carbonyl (C=O) groups is 1. The number of carbonyl (C=O) groups excluding carboxylic acids is 1. The Morgan fingerprint density at radius 2 is 2.18 bits per heavy atom. The summed E-state index contributed by atoms with van der Waals surface area (Å²) in [7, 11) is 0. The van der Waals surface area contributed by atoms with Crippen LogP contribution in [-0.2, 0) is 11.3 Å². The number of hydrogen-bond donors (Lipinski definition) is 1. The Kier molecular flexibility index (Phi) is 5.46. The number of benzene rings is 1. The third-order valence-corrected chi connectivity index (χ3v) is 5.16. The molecule has 0 spiro atoms. The van der Waals surface area contributed by atoms with Crippen molar-refractivity contribution in [3.8, 4) is 5.75 Å². The molecule has 2 aromatic heterocycles. The van der Waals surface area contributed by atoms with E-state index in [1.165, 1.54) is 19.3 Å². The molecule has 28 heavy (non-hydrogen) atoms. The lowest BCUT2D eigenvalue weighted by Crippen LogP contribution is -2.37. The topological polar surface area (TPSA) is 67.6 Å². The van der Waals surface area contributed by atoms with Crippen molar-refractivity contribution in [3.63, 3.8) is 0 Å². The molecule has 0 aliphatic carbocycles. The van der Waals surface area contributed by atoms with Crippen molar-refractivity contribution >= 4 is 22.6 Å². The minimum absolute atomic E-state index is 0.0636. The van der Waals surface area contributed by atoms with Crippen molar-refractivity contribution in [1.29, 1.82) is 0 Å². The molecule has 1 saturated heterocycles. The van der Waals surface area contributed by atoms with Gasteiger partial charge in [-0.05, 0) is 56.5 Å². The first-order valence-electron chi connectivity index (χ1n) is 9.79. The van der Waals surface area contributed by atoms with Crippen molar-refractivity contribution in [2.75, 3.05) is 18.1 Å². The first kappa shape index (κ1) is 18.3. The van der Waals surface area contributed by atoms with Gasteiger partial charge in [-0.25, -0.2) is 4.98 Å². The molecular weight excluding hydrogens is 354 g/mol. The molecule has 4 rings (SSSR count). The Bertz CT molecular complexity index is 939. The highest BCUT2D eigenvalue weighted by Gasteiger charge is 2.20. The highest BCUT2D eigenvalue weighted by Crippen LogP contribution is 2.29. The summed E-state index contributed by atoms with van der Waals surface area (Å²) in [6.07, 6.45) is 5.24. The Morgan fingerprint density at radius 1 is 1.25 bits per heavy atom. The molecule has 0 bridgehead atoms. The quantitative estimate of drug-likeness (QED) is 0.703. The van der Waals surface area contributed by atoms with E-state index >= 15 is 0 Å². The van der Waals surface area contributed by atoms with Crippen molar-refractivity contribution in [2.45, 2.75) is 38.8 Å². The van der Waals surface area contributed by atoms with Gasteiger partial charge in [-0.3, -0.25) is 4.79 Å². The Morgan fingerprint density at radius 3 is 3.00 bits per heavy atom. The van der Waals surface area contributed by atoms with Crippen LogP contribution in [0.25, 0.3) is 10.9 Å². The molecule has 0 saturated carbocycles. The van der Waals surface area contributed by atoms with Gasteiger partial charge < -0.3 is 19.4 Å². The zero-order valence-electron chi connectivity index (χ0n) is 16.1. The van der Waals surface area contributed by atoms with Crippen molar-refractivity contribution < 1.29 is 13.9 Å². The van der Waals surface area contributed by atoms with Gasteiger partial charge in [0.2, 0.25) is 0 Å². The minimum atomic E-state index is -0.200. The zero-order valence-corrected chi connectivity index (χ0v) is 16.1. The molecule has 1 N–H and O–H groups in total. The highest BCUT2D eigenvalue weighted by atomic mass is 16.5. The molecule has 1 amide bonds. The highest BCUT2D eigenvalue weighted by molar-refractivity contribution is 5.86. The number of furan rings is 1. The molecule has 1 aliphatic heterocycles. The summed E-state index contributed by atoms with van der Waals surface area (Å²) in [5.74, 6) is 2.10. The van der Waals surface area contributed by atoms with E-state index in [2.05, 4.69) is 29.3 Å². The molecule has 6 heteroatoms. The van der Waals surface area contributed by atoms with Crippen molar-refractivity contribution in [3.05, 3.63) is 54.5 Å². The van der Waals surface area contributed by atoms with Crippen molar-refractivity contribution in [2.24, 2.45) is 0 Å². The Hall–Kier alpha value is -3.02. The molecule has 6 nitrogen and oxygen atoms in total. The second kappa shape index (κ2) is 8.33. The standard InChI is InChI=1S/C22H25N3O3/c1-16-6-2-3-12-25(16)20-11-10-17-7-4-9-19(22(17)24-20)28-15-21(26)23-14-18-8-5-13-27-18/h4-5,7-11,13,16H,2-3,6,12,14-15H2,1H3,(H,23,26). The summed E-state index contributed by atoms with van der Waals surface area (Å²) >= 11 is 0. The second-order valence-electron chi connectivity index (χ2n) is 7.18. The number of fused-ring (bicyclic) bond motifs is 1. The molecule has 1 fully saturated rings. The summed E-state index contributed by atoms with van der Waals surface area (Å²) < 4.78 is 11.0. The van der Waals surface area contributed by atoms with E-state index in [4.69, 9.17) is 14.1 Å². The number of nitrogens with one attached hydrogen (secondary N) is 1. The van der Waals surface area contributed by atoms with E-state index in [0.29, 0.717) is 24.1 Å². The van der Waals surface area contributed by atoms with Crippen LogP contribution in [0.1, 0.15) is 31.9 Å². The fourth-order valence-electron chi connectivity index (χ4n) is 3.62. The molecule has 0 radical (unpaired) electrons. The Labute approximate surface area is 164 Å². The molecule has 3 aromatic rings. The van der Waals surface area contributed by atoms with Crippen LogP contribution in [0.5, 0.6) is 5.75 Å². The summed E-state index contributed by atoms with van der Waals surface area (Å²) in [6, 6.07) is 14.0. The molecule has 1 atom stereocenters. The van der Waals surface area contributed by atoms with Gasteiger partial charge in [-0.2, -0.15) is 0 Å². The number of para-hydroxylation sites is 1. The average molecular weight is 379 g/mol. The molecule has 146 valence electrons. The van der Waals surface area contributed by atoms with E-state index in [1.807, 2.05) is 24.3 Å². The SMILES string of the molecule is CC1CCCCN1c1ccc2cccc(OCC(=O)NCc3ccco3)c2n1. The zero-order chi connectivity index (χ0) is 19.3. The summed E-state index contributed by atoms with van der Waals surface area (Å²) in [6.45, 7) is 3.56. The third-order valence-electron chi connectivity index (χ3n) is 5.16. The monoisotopic (exact) mass is 379 g/mol. The number of pyridine rings is 1. The van der Waals surface area contributed by atoms with Crippen molar-refractivity contribution in [1.82, 2.24) is 10.3 Å². The second-order valence-corrected chi connectivity index (χ2v) is 7.18. The van der Waals surface area contributed by atoms with Gasteiger partial charge in [0.1, 0.15) is 22.8 Å². The van der Waals surface area contributed by atoms with E-state index in [0.717, 1.165) is 23.3 Å². The van der Waals surface area contributed by atoms with Gasteiger partial charge in [0.25, 0.3) is 5.91 Å². The summed E-state index contributed by atoms with van der Waals surface area (Å²) in [5.41, 5.74) is 0.789. The molecular formula is C22H25N3O3. The number of piperidine rings is 1. The van der Waals surface area contributed by atoms with Gasteiger partial charge >= 0.3 is 0 Å². The smallest absolute Gasteiger partial charge is 0.258 e. The number of nitrogens with zero attached hydrogens (tertiary/aromatic N) is 2. The maximum atomic E-state index is 12.1. The van der Waals surface area contributed by atoms with Crippen LogP contribution < -0.4 is 15.0 Å². The number of amides is 1. The van der Waals surface area contributed by atoms with E-state index < -0.39 is 0 Å². The first-order valence-corrected chi connectivity index (χ1v) is 9.79. The molecule has 1 unspecified atom stereocenters. The van der Waals surface area contributed by atoms with Gasteiger partial charge in [0.05, 0.1) is 12.8 Å². The minimum Gasteiger partial charge on any atom is -0.481 e. The maximum Gasteiger partial charge on any atom is 0.258 e. The van der Waals surface area contributed by atoms with Crippen LogP contribution in [0.3, 0.4) is 0 Å². The molecule has 1 aromatic carbocycles. The number of rotatable bonds is 6. The number of anilines is 1. The summed E-state index contributed by atoms with van der Waals surface area (Å²) in [4.78, 5) is 19.3. The maximum absolute atomic E-state index is 12.1. The van der Waals surface area contributed by atoms with Gasteiger partial charge in [0, 0.05) is 18.0 Å². The third kappa shape index (κ3) is 4.11. The Balaban J connectivity index is 1.47. The lowest BCUT2D eigenvalue weighted by Gasteiger charge is -2.34. The number of hydrogen-bond acceptors (Lipinski definition) is 5. The van der Waals surface area contributed by atoms with Crippen LogP contribution in [0.4, 0.5) is 5.82 Å². The predicted molar refractivity (Wildman–Crippen MR) is 108 cm³/mol. The predicted octanol–water partition coefficient (Wildman–Crippen LogP) is 3.90. The fourth-order valence-corrected chi connectivity index (χ4v) is 3.62. The van der Waals surface area contributed by atoms with Crippen LogP contribution in [-0.4, -0.2) is 30.1 Å². The van der Waals surface area contributed by atoms with Crippen LogP contribution in [0, 0.1) is 0 Å². The van der Waals surface area contributed by atoms with Gasteiger partial charge in [-0.1, -0.05) is 12.1 Å². The molecule has 1 aliphatic rings. The van der Waals surface area contributed by atoms with Gasteiger partial charge in [0.15, 0.2) is 6.61 Å². The lowest BCUT2D eigenvalue weighted by atomic mass is 10.0. The fraction of sp³-hybridized carbons (Fsp3) is 0.364.